The quantitative estimate of drug-likeness (QED) is 0.561. The van der Waals surface area contributed by atoms with Gasteiger partial charge >= 0.3 is 5.97 Å². The summed E-state index contributed by atoms with van der Waals surface area (Å²) in [5.41, 5.74) is 1.11. The Balaban J connectivity index is 2.19. The number of carboxylic acids is 1. The highest BCUT2D eigenvalue weighted by molar-refractivity contribution is 6.31. The molecule has 8 heteroatoms. The number of nitrogens with zero attached hydrogens (tertiary/aromatic N) is 1. The number of nitro groups is 1. The van der Waals surface area contributed by atoms with Crippen LogP contribution in [-0.2, 0) is 11.2 Å². The van der Waals surface area contributed by atoms with Crippen LogP contribution in [0.15, 0.2) is 42.5 Å². The van der Waals surface area contributed by atoms with E-state index in [1.54, 1.807) is 18.2 Å². The third-order valence-corrected chi connectivity index (χ3v) is 4.29. The number of rotatable bonds is 7. The summed E-state index contributed by atoms with van der Waals surface area (Å²) in [6.07, 6.45) is 0.498. The van der Waals surface area contributed by atoms with Gasteiger partial charge < -0.3 is 10.4 Å². The summed E-state index contributed by atoms with van der Waals surface area (Å²) in [7, 11) is 0. The van der Waals surface area contributed by atoms with Crippen molar-refractivity contribution in [3.05, 3.63) is 74.3 Å². The Kier molecular flexibility index (Phi) is 6.30. The standard InChI is InChI=1S/C18H17ClN2O5/c1-11(21(25)26)14-8-6-13(18(23)24)10-16(14)20-17(22)9-7-12-4-2-3-5-15(12)19/h2-6,8,10-11H,7,9H2,1H3,(H,20,22)(H,23,24). The lowest BCUT2D eigenvalue weighted by Gasteiger charge is -2.13. The van der Waals surface area contributed by atoms with Crippen LogP contribution in [0.25, 0.3) is 0 Å². The van der Waals surface area contributed by atoms with E-state index in [0.29, 0.717) is 11.4 Å². The lowest BCUT2D eigenvalue weighted by atomic mass is 10.0. The van der Waals surface area contributed by atoms with Crippen LogP contribution in [0.3, 0.4) is 0 Å². The average Bonchev–Trinajstić information content (AvgIpc) is 2.60. The molecule has 0 aliphatic heterocycles. The molecule has 26 heavy (non-hydrogen) atoms. The molecule has 0 saturated heterocycles. The molecule has 7 nitrogen and oxygen atoms in total. The van der Waals surface area contributed by atoms with Gasteiger partial charge in [-0.15, -0.1) is 0 Å². The van der Waals surface area contributed by atoms with Crippen molar-refractivity contribution in [3.8, 4) is 0 Å². The van der Waals surface area contributed by atoms with Crippen LogP contribution in [0.5, 0.6) is 0 Å². The Morgan fingerprint density at radius 3 is 2.58 bits per heavy atom. The third kappa shape index (κ3) is 4.80. The molecule has 0 aromatic heterocycles. The van der Waals surface area contributed by atoms with Gasteiger partial charge in [0.25, 0.3) is 0 Å². The molecule has 1 amide bonds. The van der Waals surface area contributed by atoms with E-state index in [1.807, 2.05) is 6.07 Å². The number of carboxylic acid groups (broad SMARTS) is 1. The smallest absolute Gasteiger partial charge is 0.335 e. The van der Waals surface area contributed by atoms with E-state index in [2.05, 4.69) is 5.32 Å². The summed E-state index contributed by atoms with van der Waals surface area (Å²) in [5.74, 6) is -1.57. The van der Waals surface area contributed by atoms with Gasteiger partial charge in [0.1, 0.15) is 0 Å². The van der Waals surface area contributed by atoms with Crippen LogP contribution < -0.4 is 5.32 Å². The Labute approximate surface area is 154 Å². The van der Waals surface area contributed by atoms with Gasteiger partial charge in [0.2, 0.25) is 11.9 Å². The molecule has 136 valence electrons. The Bertz CT molecular complexity index is 853. The highest BCUT2D eigenvalue weighted by Crippen LogP contribution is 2.27. The zero-order valence-corrected chi connectivity index (χ0v) is 14.7. The second-order valence-corrected chi connectivity index (χ2v) is 6.12. The van der Waals surface area contributed by atoms with E-state index in [9.17, 15) is 19.7 Å². The molecule has 0 aliphatic rings. The molecule has 0 aliphatic carbocycles. The van der Waals surface area contributed by atoms with Gasteiger partial charge in [-0.3, -0.25) is 14.9 Å². The maximum absolute atomic E-state index is 12.3. The van der Waals surface area contributed by atoms with Crippen LogP contribution in [0.4, 0.5) is 5.69 Å². The van der Waals surface area contributed by atoms with E-state index in [0.717, 1.165) is 5.56 Å². The fourth-order valence-electron chi connectivity index (χ4n) is 2.44. The number of anilines is 1. The summed E-state index contributed by atoms with van der Waals surface area (Å²) in [6.45, 7) is 1.37. The molecule has 2 aromatic rings. The van der Waals surface area contributed by atoms with Gasteiger partial charge in [-0.05, 0) is 36.2 Å². The second-order valence-electron chi connectivity index (χ2n) is 5.71. The molecule has 0 spiro atoms. The molecule has 2 aromatic carbocycles. The molecular weight excluding hydrogens is 360 g/mol. The van der Waals surface area contributed by atoms with Crippen molar-refractivity contribution in [2.45, 2.75) is 25.8 Å². The predicted molar refractivity (Wildman–Crippen MR) is 97.2 cm³/mol. The van der Waals surface area contributed by atoms with E-state index >= 15 is 0 Å². The number of amides is 1. The van der Waals surface area contributed by atoms with Gasteiger partial charge in [-0.2, -0.15) is 0 Å². The van der Waals surface area contributed by atoms with E-state index in [1.165, 1.54) is 25.1 Å². The number of carbonyl (C=O) groups is 2. The number of hydrogen-bond acceptors (Lipinski definition) is 4. The Morgan fingerprint density at radius 1 is 1.27 bits per heavy atom. The summed E-state index contributed by atoms with van der Waals surface area (Å²) < 4.78 is 0. The summed E-state index contributed by atoms with van der Waals surface area (Å²) in [5, 5.41) is 23.3. The second kappa shape index (κ2) is 8.44. The number of benzene rings is 2. The number of nitrogens with one attached hydrogen (secondary N) is 1. The average molecular weight is 377 g/mol. The van der Waals surface area contributed by atoms with Gasteiger partial charge in [-0.1, -0.05) is 29.8 Å². The van der Waals surface area contributed by atoms with Gasteiger partial charge in [0.05, 0.1) is 11.3 Å². The van der Waals surface area contributed by atoms with E-state index in [-0.39, 0.29) is 29.1 Å². The lowest BCUT2D eigenvalue weighted by molar-refractivity contribution is -0.524. The molecule has 1 atom stereocenters. The van der Waals surface area contributed by atoms with Crippen LogP contribution in [0.2, 0.25) is 5.02 Å². The van der Waals surface area contributed by atoms with Crippen molar-refractivity contribution in [1.29, 1.82) is 0 Å². The maximum atomic E-state index is 12.3. The molecule has 0 bridgehead atoms. The van der Waals surface area contributed by atoms with Crippen LogP contribution in [0.1, 0.15) is 40.9 Å². The van der Waals surface area contributed by atoms with Gasteiger partial charge in [0, 0.05) is 28.9 Å². The first kappa shape index (κ1) is 19.4. The highest BCUT2D eigenvalue weighted by Gasteiger charge is 2.22. The van der Waals surface area contributed by atoms with Crippen molar-refractivity contribution < 1.29 is 19.6 Å². The third-order valence-electron chi connectivity index (χ3n) is 3.92. The lowest BCUT2D eigenvalue weighted by Crippen LogP contribution is -2.17. The predicted octanol–water partition coefficient (Wildman–Crippen LogP) is 3.95. The molecular formula is C18H17ClN2O5. The van der Waals surface area contributed by atoms with Gasteiger partial charge in [-0.25, -0.2) is 4.79 Å². The van der Waals surface area contributed by atoms with Crippen molar-refractivity contribution >= 4 is 29.2 Å². The number of aryl methyl sites for hydroxylation is 1. The summed E-state index contributed by atoms with van der Waals surface area (Å²) in [6, 6.07) is 9.89. The van der Waals surface area contributed by atoms with Crippen LogP contribution in [-0.4, -0.2) is 21.9 Å². The van der Waals surface area contributed by atoms with Crippen molar-refractivity contribution in [2.24, 2.45) is 0 Å². The van der Waals surface area contributed by atoms with Crippen LogP contribution in [0, 0.1) is 10.1 Å². The largest absolute Gasteiger partial charge is 0.478 e. The normalized spacial score (nSPS) is 11.6. The summed E-state index contributed by atoms with van der Waals surface area (Å²) in [4.78, 5) is 34.0. The number of halogens is 1. The SMILES string of the molecule is CC(c1ccc(C(=O)O)cc1NC(=O)CCc1ccccc1Cl)[N+](=O)[O-]. The van der Waals surface area contributed by atoms with Crippen molar-refractivity contribution in [1.82, 2.24) is 0 Å². The highest BCUT2D eigenvalue weighted by atomic mass is 35.5. The van der Waals surface area contributed by atoms with Crippen molar-refractivity contribution in [3.63, 3.8) is 0 Å². The molecule has 0 radical (unpaired) electrons. The molecule has 0 saturated carbocycles. The Morgan fingerprint density at radius 2 is 1.96 bits per heavy atom. The minimum atomic E-state index is -1.18. The minimum Gasteiger partial charge on any atom is -0.478 e. The molecule has 0 fully saturated rings. The fraction of sp³-hybridized carbons (Fsp3) is 0.222. The van der Waals surface area contributed by atoms with E-state index < -0.39 is 16.9 Å². The first-order valence-electron chi connectivity index (χ1n) is 7.83. The van der Waals surface area contributed by atoms with Gasteiger partial charge in [0.15, 0.2) is 0 Å². The molecule has 2 rings (SSSR count). The van der Waals surface area contributed by atoms with Crippen LogP contribution >= 0.6 is 11.6 Å². The number of aromatic carboxylic acids is 1. The molecule has 0 heterocycles. The monoisotopic (exact) mass is 376 g/mol. The molecule has 2 N–H and O–H groups in total. The van der Waals surface area contributed by atoms with Crippen molar-refractivity contribution in [2.75, 3.05) is 5.32 Å². The zero-order chi connectivity index (χ0) is 19.3. The first-order chi connectivity index (χ1) is 12.3. The first-order valence-corrected chi connectivity index (χ1v) is 8.21. The topological polar surface area (TPSA) is 110 Å². The maximum Gasteiger partial charge on any atom is 0.335 e. The summed E-state index contributed by atoms with van der Waals surface area (Å²) >= 11 is 6.05. The number of carbonyl (C=O) groups excluding carboxylic acids is 1. The van der Waals surface area contributed by atoms with E-state index in [4.69, 9.17) is 16.7 Å². The Hall–Kier alpha value is -2.93. The molecule has 1 unspecified atom stereocenters. The number of hydrogen-bond donors (Lipinski definition) is 2. The zero-order valence-electron chi connectivity index (χ0n) is 13.9. The minimum absolute atomic E-state index is 0.0642. The fourth-order valence-corrected chi connectivity index (χ4v) is 2.67.